The first kappa shape index (κ1) is 15.7. The second-order valence-electron chi connectivity index (χ2n) is 4.51. The van der Waals surface area contributed by atoms with Gasteiger partial charge >= 0.3 is 6.18 Å². The van der Waals surface area contributed by atoms with Crippen LogP contribution in [0.5, 0.6) is 0 Å². The number of aromatic nitrogens is 2. The Balaban J connectivity index is 2.41. The largest absolute Gasteiger partial charge is 0.411 e. The Kier molecular flexibility index (Phi) is 5.53. The lowest BCUT2D eigenvalue weighted by Gasteiger charge is -2.11. The average molecular weight is 277 g/mol. The lowest BCUT2D eigenvalue weighted by Crippen LogP contribution is -2.20. The van der Waals surface area contributed by atoms with Gasteiger partial charge in [0, 0.05) is 17.9 Å². The van der Waals surface area contributed by atoms with E-state index in [2.05, 4.69) is 20.0 Å². The fourth-order valence-corrected chi connectivity index (χ4v) is 1.39. The van der Waals surface area contributed by atoms with E-state index in [1.807, 2.05) is 26.8 Å². The molecule has 0 aliphatic heterocycles. The van der Waals surface area contributed by atoms with E-state index in [-0.39, 0.29) is 19.1 Å². The molecule has 0 aromatic carbocycles. The summed E-state index contributed by atoms with van der Waals surface area (Å²) in [7, 11) is 0. The highest BCUT2D eigenvalue weighted by molar-refractivity contribution is 5.28. The van der Waals surface area contributed by atoms with Crippen LogP contribution in [0.3, 0.4) is 0 Å². The zero-order chi connectivity index (χ0) is 14.5. The van der Waals surface area contributed by atoms with Crippen LogP contribution >= 0.6 is 0 Å². The number of aryl methyl sites for hydroxylation is 1. The molecule has 0 fully saturated rings. The van der Waals surface area contributed by atoms with E-state index in [4.69, 9.17) is 0 Å². The predicted molar refractivity (Wildman–Crippen MR) is 66.2 cm³/mol. The molecule has 0 unspecified atom stereocenters. The molecule has 0 atom stereocenters. The van der Waals surface area contributed by atoms with Gasteiger partial charge in [-0.3, -0.25) is 0 Å². The van der Waals surface area contributed by atoms with Crippen molar-refractivity contribution in [2.45, 2.75) is 32.9 Å². The maximum absolute atomic E-state index is 11.8. The van der Waals surface area contributed by atoms with Crippen molar-refractivity contribution >= 4 is 5.95 Å². The predicted octanol–water partition coefficient (Wildman–Crippen LogP) is 2.90. The molecule has 108 valence electrons. The first-order valence-electron chi connectivity index (χ1n) is 6.02. The molecule has 7 heteroatoms. The van der Waals surface area contributed by atoms with Crippen LogP contribution in [-0.4, -0.2) is 35.9 Å². The van der Waals surface area contributed by atoms with Crippen LogP contribution in [0, 0.1) is 6.92 Å². The second-order valence-corrected chi connectivity index (χ2v) is 4.51. The smallest absolute Gasteiger partial charge is 0.370 e. The molecule has 1 rings (SSSR count). The van der Waals surface area contributed by atoms with Crippen molar-refractivity contribution in [2.75, 3.05) is 25.1 Å². The number of alkyl halides is 3. The first-order chi connectivity index (χ1) is 8.78. The molecule has 1 aromatic heterocycles. The zero-order valence-electron chi connectivity index (χ0n) is 11.2. The van der Waals surface area contributed by atoms with E-state index in [0.29, 0.717) is 5.95 Å². The van der Waals surface area contributed by atoms with Crippen LogP contribution in [0.25, 0.3) is 0 Å². The minimum absolute atomic E-state index is 0.0478. The van der Waals surface area contributed by atoms with Crippen LogP contribution < -0.4 is 5.32 Å². The fraction of sp³-hybridized carbons (Fsp3) is 0.667. The summed E-state index contributed by atoms with van der Waals surface area (Å²) in [6, 6.07) is 1.88. The number of nitrogens with one attached hydrogen (secondary N) is 1. The summed E-state index contributed by atoms with van der Waals surface area (Å²) >= 11 is 0. The molecule has 0 saturated carbocycles. The molecule has 0 aliphatic rings. The van der Waals surface area contributed by atoms with Crippen molar-refractivity contribution in [1.29, 1.82) is 0 Å². The monoisotopic (exact) mass is 277 g/mol. The van der Waals surface area contributed by atoms with E-state index in [1.165, 1.54) is 0 Å². The van der Waals surface area contributed by atoms with Crippen molar-refractivity contribution in [3.63, 3.8) is 0 Å². The summed E-state index contributed by atoms with van der Waals surface area (Å²) in [4.78, 5) is 8.44. The van der Waals surface area contributed by atoms with Gasteiger partial charge in [0.05, 0.1) is 6.61 Å². The molecule has 0 saturated heterocycles. The standard InChI is InChI=1S/C12H18F3N3O/c1-8(2)10-6-9(3)17-11(18-10)16-4-5-19-7-12(13,14)15/h6,8H,4-5,7H2,1-3H3,(H,16,17,18). The summed E-state index contributed by atoms with van der Waals surface area (Å²) in [6.45, 7) is 4.82. The average Bonchev–Trinajstić information content (AvgIpc) is 2.26. The summed E-state index contributed by atoms with van der Waals surface area (Å²) < 4.78 is 40.0. The molecule has 0 amide bonds. The molecule has 19 heavy (non-hydrogen) atoms. The van der Waals surface area contributed by atoms with E-state index >= 15 is 0 Å². The Morgan fingerprint density at radius 2 is 2.00 bits per heavy atom. The fourth-order valence-electron chi connectivity index (χ4n) is 1.39. The van der Waals surface area contributed by atoms with Gasteiger partial charge in [-0.1, -0.05) is 13.8 Å². The molecular weight excluding hydrogens is 259 g/mol. The molecule has 1 N–H and O–H groups in total. The summed E-state index contributed by atoms with van der Waals surface area (Å²) in [6.07, 6.45) is -4.29. The maximum atomic E-state index is 11.8. The lowest BCUT2D eigenvalue weighted by molar-refractivity contribution is -0.172. The highest BCUT2D eigenvalue weighted by Crippen LogP contribution is 2.15. The van der Waals surface area contributed by atoms with Crippen LogP contribution in [0.4, 0.5) is 19.1 Å². The number of halogens is 3. The third-order valence-electron chi connectivity index (χ3n) is 2.26. The maximum Gasteiger partial charge on any atom is 0.411 e. The van der Waals surface area contributed by atoms with Gasteiger partial charge in [-0.15, -0.1) is 0 Å². The van der Waals surface area contributed by atoms with Gasteiger partial charge in [0.15, 0.2) is 0 Å². The van der Waals surface area contributed by atoms with Gasteiger partial charge in [-0.25, -0.2) is 9.97 Å². The molecule has 1 aromatic rings. The molecule has 4 nitrogen and oxygen atoms in total. The normalized spacial score (nSPS) is 11.9. The minimum Gasteiger partial charge on any atom is -0.370 e. The number of anilines is 1. The Labute approximate surface area is 110 Å². The Morgan fingerprint density at radius 3 is 2.58 bits per heavy atom. The van der Waals surface area contributed by atoms with E-state index < -0.39 is 12.8 Å². The van der Waals surface area contributed by atoms with E-state index in [0.717, 1.165) is 11.4 Å². The highest BCUT2D eigenvalue weighted by Gasteiger charge is 2.27. The number of hydrogen-bond acceptors (Lipinski definition) is 4. The lowest BCUT2D eigenvalue weighted by atomic mass is 10.1. The van der Waals surface area contributed by atoms with Gasteiger partial charge in [0.1, 0.15) is 6.61 Å². The quantitative estimate of drug-likeness (QED) is 0.812. The summed E-state index contributed by atoms with van der Waals surface area (Å²) in [5.74, 6) is 0.683. The van der Waals surface area contributed by atoms with Crippen LogP contribution in [0.2, 0.25) is 0 Å². The van der Waals surface area contributed by atoms with Crippen molar-refractivity contribution in [3.8, 4) is 0 Å². The van der Waals surface area contributed by atoms with Gasteiger partial charge < -0.3 is 10.1 Å². The third-order valence-corrected chi connectivity index (χ3v) is 2.26. The third kappa shape index (κ3) is 6.37. The zero-order valence-corrected chi connectivity index (χ0v) is 11.2. The van der Waals surface area contributed by atoms with Crippen LogP contribution in [0.15, 0.2) is 6.07 Å². The van der Waals surface area contributed by atoms with E-state index in [9.17, 15) is 13.2 Å². The number of ether oxygens (including phenoxy) is 1. The Hall–Kier alpha value is -1.37. The molecule has 1 heterocycles. The SMILES string of the molecule is Cc1cc(C(C)C)nc(NCCOCC(F)(F)F)n1. The number of rotatable bonds is 6. The van der Waals surface area contributed by atoms with E-state index in [1.54, 1.807) is 0 Å². The van der Waals surface area contributed by atoms with Gasteiger partial charge in [-0.2, -0.15) is 13.2 Å². The van der Waals surface area contributed by atoms with Crippen molar-refractivity contribution in [1.82, 2.24) is 9.97 Å². The topological polar surface area (TPSA) is 47.0 Å². The molecular formula is C12H18F3N3O. The van der Waals surface area contributed by atoms with Crippen molar-refractivity contribution in [2.24, 2.45) is 0 Å². The highest BCUT2D eigenvalue weighted by atomic mass is 19.4. The first-order valence-corrected chi connectivity index (χ1v) is 6.02. The molecule has 0 spiro atoms. The van der Waals surface area contributed by atoms with Gasteiger partial charge in [0.25, 0.3) is 0 Å². The molecule has 0 bridgehead atoms. The van der Waals surface area contributed by atoms with Crippen molar-refractivity contribution < 1.29 is 17.9 Å². The van der Waals surface area contributed by atoms with Gasteiger partial charge in [0.2, 0.25) is 5.95 Å². The summed E-state index contributed by atoms with van der Waals surface area (Å²) in [5.41, 5.74) is 1.71. The molecule has 0 aliphatic carbocycles. The second kappa shape index (κ2) is 6.70. The number of nitrogens with zero attached hydrogens (tertiary/aromatic N) is 2. The Bertz CT molecular complexity index is 408. The van der Waals surface area contributed by atoms with Gasteiger partial charge in [-0.05, 0) is 18.9 Å². The van der Waals surface area contributed by atoms with Crippen molar-refractivity contribution in [3.05, 3.63) is 17.5 Å². The Morgan fingerprint density at radius 1 is 1.32 bits per heavy atom. The van der Waals surface area contributed by atoms with Crippen LogP contribution in [-0.2, 0) is 4.74 Å². The number of hydrogen-bond donors (Lipinski definition) is 1. The van der Waals surface area contributed by atoms with Crippen LogP contribution in [0.1, 0.15) is 31.2 Å². The molecule has 0 radical (unpaired) electrons. The summed E-state index contributed by atoms with van der Waals surface area (Å²) in [5, 5.41) is 2.85. The minimum atomic E-state index is -4.29.